The van der Waals surface area contributed by atoms with E-state index < -0.39 is 4.92 Å². The van der Waals surface area contributed by atoms with E-state index in [1.165, 1.54) is 0 Å². The Morgan fingerprint density at radius 2 is 2.00 bits per heavy atom. The maximum absolute atomic E-state index is 10.8. The van der Waals surface area contributed by atoms with Crippen molar-refractivity contribution in [2.24, 2.45) is 0 Å². The molecule has 4 nitrogen and oxygen atoms in total. The minimum Gasteiger partial charge on any atom is -0.372 e. The lowest BCUT2D eigenvalue weighted by atomic mass is 10.2. The van der Waals surface area contributed by atoms with Crippen LogP contribution < -0.4 is 4.90 Å². The SMILES string of the molecule is Cc1ccc(N(C)C)c([N+](=O)[O-])c1Cl. The summed E-state index contributed by atoms with van der Waals surface area (Å²) in [6, 6.07) is 3.46. The van der Waals surface area contributed by atoms with Gasteiger partial charge in [0.1, 0.15) is 10.7 Å². The highest BCUT2D eigenvalue weighted by atomic mass is 35.5. The molecule has 0 spiro atoms. The van der Waals surface area contributed by atoms with Crippen molar-refractivity contribution in [1.29, 1.82) is 0 Å². The number of nitro groups is 1. The van der Waals surface area contributed by atoms with Crippen LogP contribution in [0.4, 0.5) is 11.4 Å². The Morgan fingerprint density at radius 1 is 1.43 bits per heavy atom. The van der Waals surface area contributed by atoms with Crippen LogP contribution in [0, 0.1) is 17.0 Å². The predicted octanol–water partition coefficient (Wildman–Crippen LogP) is 2.62. The first kappa shape index (κ1) is 10.8. The zero-order valence-electron chi connectivity index (χ0n) is 8.24. The van der Waals surface area contributed by atoms with Gasteiger partial charge in [-0.1, -0.05) is 17.7 Å². The lowest BCUT2D eigenvalue weighted by Crippen LogP contribution is -2.11. The minimum atomic E-state index is -0.454. The molecule has 1 aromatic carbocycles. The summed E-state index contributed by atoms with van der Waals surface area (Å²) < 4.78 is 0. The van der Waals surface area contributed by atoms with Gasteiger partial charge in [0.15, 0.2) is 0 Å². The fraction of sp³-hybridized carbons (Fsp3) is 0.333. The van der Waals surface area contributed by atoms with Crippen LogP contribution in [0.3, 0.4) is 0 Å². The quantitative estimate of drug-likeness (QED) is 0.562. The van der Waals surface area contributed by atoms with Gasteiger partial charge in [-0.25, -0.2) is 0 Å². The molecule has 0 aromatic heterocycles. The van der Waals surface area contributed by atoms with Crippen LogP contribution in [-0.4, -0.2) is 19.0 Å². The fourth-order valence-corrected chi connectivity index (χ4v) is 1.42. The third-order valence-electron chi connectivity index (χ3n) is 1.95. The van der Waals surface area contributed by atoms with E-state index in [1.807, 2.05) is 0 Å². The van der Waals surface area contributed by atoms with Crippen LogP contribution >= 0.6 is 11.6 Å². The number of aryl methyl sites for hydroxylation is 1. The van der Waals surface area contributed by atoms with Crippen molar-refractivity contribution in [3.63, 3.8) is 0 Å². The normalized spacial score (nSPS) is 10.0. The summed E-state index contributed by atoms with van der Waals surface area (Å²) in [7, 11) is 3.49. The zero-order valence-corrected chi connectivity index (χ0v) is 9.00. The molecule has 0 aliphatic heterocycles. The van der Waals surface area contributed by atoms with Crippen molar-refractivity contribution in [2.45, 2.75) is 6.92 Å². The summed E-state index contributed by atoms with van der Waals surface area (Å²) in [5.74, 6) is 0. The van der Waals surface area contributed by atoms with Crippen LogP contribution in [0.25, 0.3) is 0 Å². The Kier molecular flexibility index (Phi) is 2.96. The van der Waals surface area contributed by atoms with Crippen molar-refractivity contribution in [3.8, 4) is 0 Å². The van der Waals surface area contributed by atoms with E-state index in [1.54, 1.807) is 38.1 Å². The molecule has 0 radical (unpaired) electrons. The molecule has 0 aliphatic rings. The first-order valence-corrected chi connectivity index (χ1v) is 4.43. The molecule has 0 saturated heterocycles. The molecule has 1 rings (SSSR count). The number of nitrogens with zero attached hydrogens (tertiary/aromatic N) is 2. The van der Waals surface area contributed by atoms with E-state index >= 15 is 0 Å². The average Bonchev–Trinajstić information content (AvgIpc) is 2.08. The summed E-state index contributed by atoms with van der Waals surface area (Å²) in [6.45, 7) is 1.74. The third-order valence-corrected chi connectivity index (χ3v) is 2.43. The summed E-state index contributed by atoms with van der Waals surface area (Å²) in [5, 5.41) is 11.0. The number of nitro benzene ring substituents is 1. The highest BCUT2D eigenvalue weighted by Gasteiger charge is 2.21. The molecule has 5 heteroatoms. The zero-order chi connectivity index (χ0) is 10.9. The molecular formula is C9H11ClN2O2. The van der Waals surface area contributed by atoms with Gasteiger partial charge in [-0.05, 0) is 18.6 Å². The highest BCUT2D eigenvalue weighted by Crippen LogP contribution is 2.36. The number of anilines is 1. The van der Waals surface area contributed by atoms with E-state index in [-0.39, 0.29) is 10.7 Å². The summed E-state index contributed by atoms with van der Waals surface area (Å²) >= 11 is 5.87. The van der Waals surface area contributed by atoms with E-state index in [0.29, 0.717) is 11.3 Å². The monoisotopic (exact) mass is 214 g/mol. The minimum absolute atomic E-state index is 0.0309. The van der Waals surface area contributed by atoms with Gasteiger partial charge >= 0.3 is 5.69 Å². The van der Waals surface area contributed by atoms with Crippen LogP contribution in [-0.2, 0) is 0 Å². The number of benzene rings is 1. The molecule has 0 saturated carbocycles. The first-order chi connectivity index (χ1) is 6.45. The molecule has 0 bridgehead atoms. The maximum atomic E-state index is 10.8. The third kappa shape index (κ3) is 1.80. The lowest BCUT2D eigenvalue weighted by molar-refractivity contribution is -0.384. The average molecular weight is 215 g/mol. The lowest BCUT2D eigenvalue weighted by Gasteiger charge is -2.13. The van der Waals surface area contributed by atoms with Crippen molar-refractivity contribution >= 4 is 23.0 Å². The van der Waals surface area contributed by atoms with Crippen LogP contribution in [0.5, 0.6) is 0 Å². The van der Waals surface area contributed by atoms with Crippen LogP contribution in [0.2, 0.25) is 5.02 Å². The molecule has 0 unspecified atom stereocenters. The molecule has 0 aliphatic carbocycles. The first-order valence-electron chi connectivity index (χ1n) is 4.06. The standard InChI is InChI=1S/C9H11ClN2O2/c1-6-4-5-7(11(2)3)9(8(6)10)12(13)14/h4-5H,1-3H3. The molecule has 0 N–H and O–H groups in total. The number of rotatable bonds is 2. The molecule has 1 aromatic rings. The Bertz CT molecular complexity index is 377. The topological polar surface area (TPSA) is 46.4 Å². The second kappa shape index (κ2) is 3.84. The Hall–Kier alpha value is -1.29. The summed E-state index contributed by atoms with van der Waals surface area (Å²) in [6.07, 6.45) is 0. The van der Waals surface area contributed by atoms with Gasteiger partial charge in [0.2, 0.25) is 0 Å². The predicted molar refractivity (Wildman–Crippen MR) is 57.2 cm³/mol. The van der Waals surface area contributed by atoms with Gasteiger partial charge in [-0.15, -0.1) is 0 Å². The maximum Gasteiger partial charge on any atom is 0.311 e. The second-order valence-corrected chi connectivity index (χ2v) is 3.59. The molecule has 76 valence electrons. The van der Waals surface area contributed by atoms with Crippen LogP contribution in [0.1, 0.15) is 5.56 Å². The number of hydrogen-bond acceptors (Lipinski definition) is 3. The Morgan fingerprint density at radius 3 is 2.43 bits per heavy atom. The van der Waals surface area contributed by atoms with Crippen molar-refractivity contribution in [3.05, 3.63) is 32.8 Å². The smallest absolute Gasteiger partial charge is 0.311 e. The van der Waals surface area contributed by atoms with Crippen molar-refractivity contribution in [2.75, 3.05) is 19.0 Å². The molecule has 14 heavy (non-hydrogen) atoms. The summed E-state index contributed by atoms with van der Waals surface area (Å²) in [5.41, 5.74) is 1.20. The van der Waals surface area contributed by atoms with E-state index in [9.17, 15) is 10.1 Å². The van der Waals surface area contributed by atoms with E-state index in [0.717, 1.165) is 0 Å². The van der Waals surface area contributed by atoms with Gasteiger partial charge in [-0.3, -0.25) is 10.1 Å². The van der Waals surface area contributed by atoms with Gasteiger partial charge in [0.25, 0.3) is 0 Å². The van der Waals surface area contributed by atoms with Gasteiger partial charge in [0.05, 0.1) is 4.92 Å². The Balaban J connectivity index is 3.45. The van der Waals surface area contributed by atoms with Gasteiger partial charge in [-0.2, -0.15) is 0 Å². The highest BCUT2D eigenvalue weighted by molar-refractivity contribution is 6.34. The number of hydrogen-bond donors (Lipinski definition) is 0. The number of halogens is 1. The summed E-state index contributed by atoms with van der Waals surface area (Å²) in [4.78, 5) is 12.0. The molecular weight excluding hydrogens is 204 g/mol. The van der Waals surface area contributed by atoms with Crippen LogP contribution in [0.15, 0.2) is 12.1 Å². The Labute approximate surface area is 87.2 Å². The largest absolute Gasteiger partial charge is 0.372 e. The van der Waals surface area contributed by atoms with Crippen molar-refractivity contribution < 1.29 is 4.92 Å². The second-order valence-electron chi connectivity index (χ2n) is 3.22. The molecule has 0 amide bonds. The molecule has 0 atom stereocenters. The molecule has 0 fully saturated rings. The van der Waals surface area contributed by atoms with Gasteiger partial charge in [0, 0.05) is 14.1 Å². The molecule has 0 heterocycles. The van der Waals surface area contributed by atoms with E-state index in [2.05, 4.69) is 0 Å². The van der Waals surface area contributed by atoms with E-state index in [4.69, 9.17) is 11.6 Å². The van der Waals surface area contributed by atoms with Crippen molar-refractivity contribution in [1.82, 2.24) is 0 Å². The fourth-order valence-electron chi connectivity index (χ4n) is 1.19. The van der Waals surface area contributed by atoms with Gasteiger partial charge < -0.3 is 4.90 Å².